The first kappa shape index (κ1) is 18.5. The monoisotopic (exact) mass is 380 g/mol. The molecular weight excluding hydrogens is 363 g/mol. The second-order valence-electron chi connectivity index (χ2n) is 5.66. The van der Waals surface area contributed by atoms with Gasteiger partial charge in [0, 0.05) is 0 Å². The molecule has 1 amide bonds. The Bertz CT molecular complexity index is 948. The Morgan fingerprint density at radius 2 is 1.59 bits per heavy atom. The van der Waals surface area contributed by atoms with Crippen LogP contribution in [0, 0.1) is 5.82 Å². The average Bonchev–Trinajstić information content (AvgIpc) is 2.68. The highest BCUT2D eigenvalue weighted by atomic mass is 32.1. The molecule has 0 aromatic heterocycles. The van der Waals surface area contributed by atoms with E-state index in [1.165, 1.54) is 18.2 Å². The minimum atomic E-state index is -0.617. The van der Waals surface area contributed by atoms with Crippen LogP contribution >= 0.6 is 12.2 Å². The van der Waals surface area contributed by atoms with Crippen molar-refractivity contribution in [3.05, 3.63) is 95.8 Å². The fourth-order valence-electron chi connectivity index (χ4n) is 2.40. The number of benzene rings is 3. The molecule has 6 heteroatoms. The van der Waals surface area contributed by atoms with E-state index >= 15 is 0 Å². The van der Waals surface area contributed by atoms with Gasteiger partial charge in [-0.2, -0.15) is 0 Å². The van der Waals surface area contributed by atoms with Crippen molar-refractivity contribution in [1.29, 1.82) is 0 Å². The molecule has 0 unspecified atom stereocenters. The molecule has 0 heterocycles. The van der Waals surface area contributed by atoms with Crippen LogP contribution in [0.1, 0.15) is 15.9 Å². The van der Waals surface area contributed by atoms with E-state index in [1.54, 1.807) is 18.2 Å². The van der Waals surface area contributed by atoms with Crippen LogP contribution in [0.15, 0.2) is 78.9 Å². The second kappa shape index (κ2) is 8.91. The van der Waals surface area contributed by atoms with Gasteiger partial charge in [0.1, 0.15) is 18.2 Å². The highest BCUT2D eigenvalue weighted by Crippen LogP contribution is 2.24. The van der Waals surface area contributed by atoms with Crippen LogP contribution in [-0.2, 0) is 6.61 Å². The second-order valence-corrected chi connectivity index (χ2v) is 6.07. The number of amides is 1. The van der Waals surface area contributed by atoms with Gasteiger partial charge in [0.25, 0.3) is 5.91 Å². The molecular formula is C21H17FN2O2S. The first-order valence-electron chi connectivity index (χ1n) is 8.26. The minimum absolute atomic E-state index is 0.0546. The van der Waals surface area contributed by atoms with Crippen molar-refractivity contribution in [1.82, 2.24) is 5.32 Å². The van der Waals surface area contributed by atoms with E-state index in [0.717, 1.165) is 5.56 Å². The van der Waals surface area contributed by atoms with Crippen molar-refractivity contribution in [2.45, 2.75) is 6.61 Å². The van der Waals surface area contributed by atoms with Crippen LogP contribution in [0.3, 0.4) is 0 Å². The Balaban J connectivity index is 1.64. The maximum atomic E-state index is 13.7. The molecule has 136 valence electrons. The predicted octanol–water partition coefficient (Wildman–Crippen LogP) is 4.53. The number of carbonyl (C=O) groups is 1. The Kier molecular flexibility index (Phi) is 6.12. The lowest BCUT2D eigenvalue weighted by atomic mass is 10.2. The number of nitrogens with one attached hydrogen (secondary N) is 2. The number of ether oxygens (including phenoxy) is 1. The molecule has 0 bridgehead atoms. The van der Waals surface area contributed by atoms with Gasteiger partial charge in [-0.25, -0.2) is 4.39 Å². The van der Waals surface area contributed by atoms with E-state index in [1.807, 2.05) is 42.5 Å². The van der Waals surface area contributed by atoms with Gasteiger partial charge in [-0.05, 0) is 42.0 Å². The largest absolute Gasteiger partial charge is 0.487 e. The molecule has 0 radical (unpaired) electrons. The lowest BCUT2D eigenvalue weighted by Crippen LogP contribution is -2.34. The number of hydrogen-bond acceptors (Lipinski definition) is 3. The lowest BCUT2D eigenvalue weighted by Gasteiger charge is -2.14. The molecule has 3 aromatic rings. The Morgan fingerprint density at radius 3 is 2.37 bits per heavy atom. The number of halogens is 1. The summed E-state index contributed by atoms with van der Waals surface area (Å²) in [5, 5.41) is 5.45. The van der Waals surface area contributed by atoms with E-state index < -0.39 is 11.7 Å². The molecule has 0 spiro atoms. The normalized spacial score (nSPS) is 10.1. The molecule has 0 aliphatic rings. The standard InChI is InChI=1S/C21H17FN2O2S/c22-17-11-5-4-10-16(17)20(25)24-21(27)23-18-12-6-7-13-19(18)26-14-15-8-2-1-3-9-15/h1-13H,14H2,(H2,23,24,25,27). The smallest absolute Gasteiger partial charge is 0.260 e. The van der Waals surface area contributed by atoms with Crippen molar-refractivity contribution in [3.8, 4) is 5.75 Å². The number of hydrogen-bond donors (Lipinski definition) is 2. The third-order valence-electron chi connectivity index (χ3n) is 3.72. The predicted molar refractivity (Wildman–Crippen MR) is 107 cm³/mol. The molecule has 2 N–H and O–H groups in total. The van der Waals surface area contributed by atoms with Gasteiger partial charge in [0.2, 0.25) is 0 Å². The number of anilines is 1. The maximum Gasteiger partial charge on any atom is 0.260 e. The first-order valence-corrected chi connectivity index (χ1v) is 8.67. The summed E-state index contributed by atoms with van der Waals surface area (Å²) in [6, 6.07) is 22.7. The molecule has 0 aliphatic carbocycles. The number of para-hydroxylation sites is 2. The van der Waals surface area contributed by atoms with Crippen molar-refractivity contribution >= 4 is 28.9 Å². The van der Waals surface area contributed by atoms with Gasteiger partial charge in [0.15, 0.2) is 5.11 Å². The molecule has 0 saturated heterocycles. The summed E-state index contributed by atoms with van der Waals surface area (Å²) < 4.78 is 19.5. The zero-order valence-corrected chi connectivity index (χ0v) is 15.1. The Hall–Kier alpha value is -3.25. The first-order chi connectivity index (χ1) is 13.1. The number of carbonyl (C=O) groups excluding carboxylic acids is 1. The molecule has 27 heavy (non-hydrogen) atoms. The highest BCUT2D eigenvalue weighted by molar-refractivity contribution is 7.80. The molecule has 4 nitrogen and oxygen atoms in total. The van der Waals surface area contributed by atoms with Gasteiger partial charge in [-0.15, -0.1) is 0 Å². The molecule has 3 aromatic carbocycles. The summed E-state index contributed by atoms with van der Waals surface area (Å²) in [5.41, 5.74) is 1.56. The third-order valence-corrected chi connectivity index (χ3v) is 3.92. The lowest BCUT2D eigenvalue weighted by molar-refractivity contribution is 0.0974. The maximum absolute atomic E-state index is 13.7. The fraction of sp³-hybridized carbons (Fsp3) is 0.0476. The van der Waals surface area contributed by atoms with Gasteiger partial charge in [-0.3, -0.25) is 10.1 Å². The van der Waals surface area contributed by atoms with Gasteiger partial charge in [0.05, 0.1) is 11.3 Å². The Labute approximate surface area is 162 Å². The van der Waals surface area contributed by atoms with E-state index in [-0.39, 0.29) is 10.7 Å². The quantitative estimate of drug-likeness (QED) is 0.639. The van der Waals surface area contributed by atoms with E-state index in [0.29, 0.717) is 18.0 Å². The van der Waals surface area contributed by atoms with Gasteiger partial charge >= 0.3 is 0 Å². The van der Waals surface area contributed by atoms with Crippen LogP contribution < -0.4 is 15.4 Å². The van der Waals surface area contributed by atoms with Crippen molar-refractivity contribution in [2.75, 3.05) is 5.32 Å². The molecule has 0 saturated carbocycles. The molecule has 0 aliphatic heterocycles. The van der Waals surface area contributed by atoms with Crippen LogP contribution in [0.4, 0.5) is 10.1 Å². The number of rotatable bonds is 5. The van der Waals surface area contributed by atoms with Crippen LogP contribution in [0.2, 0.25) is 0 Å². The van der Waals surface area contributed by atoms with Crippen LogP contribution in [0.25, 0.3) is 0 Å². The summed E-state index contributed by atoms with van der Waals surface area (Å²) in [4.78, 5) is 12.2. The van der Waals surface area contributed by atoms with Crippen LogP contribution in [0.5, 0.6) is 5.75 Å². The number of thiocarbonyl (C=S) groups is 1. The van der Waals surface area contributed by atoms with E-state index in [2.05, 4.69) is 10.6 Å². The minimum Gasteiger partial charge on any atom is -0.487 e. The SMILES string of the molecule is O=C(NC(=S)Nc1ccccc1OCc1ccccc1)c1ccccc1F. The molecule has 3 rings (SSSR count). The highest BCUT2D eigenvalue weighted by Gasteiger charge is 2.13. The molecule has 0 fully saturated rings. The Morgan fingerprint density at radius 1 is 0.926 bits per heavy atom. The average molecular weight is 380 g/mol. The van der Waals surface area contributed by atoms with E-state index in [9.17, 15) is 9.18 Å². The van der Waals surface area contributed by atoms with Gasteiger partial charge in [-0.1, -0.05) is 54.6 Å². The summed E-state index contributed by atoms with van der Waals surface area (Å²) >= 11 is 5.17. The summed E-state index contributed by atoms with van der Waals surface area (Å²) in [7, 11) is 0. The topological polar surface area (TPSA) is 50.4 Å². The van der Waals surface area contributed by atoms with Crippen molar-refractivity contribution < 1.29 is 13.9 Å². The van der Waals surface area contributed by atoms with Crippen molar-refractivity contribution in [2.24, 2.45) is 0 Å². The van der Waals surface area contributed by atoms with Crippen molar-refractivity contribution in [3.63, 3.8) is 0 Å². The zero-order valence-electron chi connectivity index (χ0n) is 14.3. The summed E-state index contributed by atoms with van der Waals surface area (Å²) in [5.74, 6) is -0.637. The summed E-state index contributed by atoms with van der Waals surface area (Å²) in [6.07, 6.45) is 0. The van der Waals surface area contributed by atoms with E-state index in [4.69, 9.17) is 17.0 Å². The third kappa shape index (κ3) is 5.12. The zero-order chi connectivity index (χ0) is 19.1. The molecule has 0 atom stereocenters. The van der Waals surface area contributed by atoms with Gasteiger partial charge < -0.3 is 10.1 Å². The fourth-order valence-corrected chi connectivity index (χ4v) is 2.60. The summed E-state index contributed by atoms with van der Waals surface area (Å²) in [6.45, 7) is 0.397. The van der Waals surface area contributed by atoms with Crippen LogP contribution in [-0.4, -0.2) is 11.0 Å².